The number of hydrogen-bond donors (Lipinski definition) is 0. The van der Waals surface area contributed by atoms with Crippen LogP contribution in [-0.4, -0.2) is 48.3 Å². The van der Waals surface area contributed by atoms with E-state index < -0.39 is 0 Å². The van der Waals surface area contributed by atoms with Gasteiger partial charge in [0.05, 0.1) is 12.4 Å². The molecule has 3 aromatic rings. The lowest BCUT2D eigenvalue weighted by Crippen LogP contribution is -2.46. The summed E-state index contributed by atoms with van der Waals surface area (Å²) in [6, 6.07) is 7.98. The number of rotatable bonds is 5. The molecular formula is C20H22N6OS2. The zero-order valence-corrected chi connectivity index (χ0v) is 18.0. The van der Waals surface area contributed by atoms with Gasteiger partial charge in [-0.2, -0.15) is 10.1 Å². The van der Waals surface area contributed by atoms with E-state index in [4.69, 9.17) is 0 Å². The summed E-state index contributed by atoms with van der Waals surface area (Å²) in [5.74, 6) is 0.900. The van der Waals surface area contributed by atoms with Crippen LogP contribution in [0, 0.1) is 6.92 Å². The van der Waals surface area contributed by atoms with E-state index in [1.165, 1.54) is 28.8 Å². The summed E-state index contributed by atoms with van der Waals surface area (Å²) in [6.45, 7) is 7.17. The number of amides is 1. The molecule has 0 aliphatic carbocycles. The number of piperazine rings is 1. The highest BCUT2D eigenvalue weighted by molar-refractivity contribution is 7.19. The number of thiazole rings is 1. The summed E-state index contributed by atoms with van der Waals surface area (Å²) >= 11 is 3.07. The number of nitrogens with zero attached hydrogens (tertiary/aromatic N) is 6. The smallest absolute Gasteiger partial charge is 0.246 e. The van der Waals surface area contributed by atoms with Crippen molar-refractivity contribution in [3.8, 4) is 0 Å². The van der Waals surface area contributed by atoms with Crippen molar-refractivity contribution in [3.05, 3.63) is 52.5 Å². The summed E-state index contributed by atoms with van der Waals surface area (Å²) in [5, 5.41) is 9.32. The molecule has 0 unspecified atom stereocenters. The molecule has 0 bridgehead atoms. The van der Waals surface area contributed by atoms with Crippen molar-refractivity contribution in [2.45, 2.75) is 13.8 Å². The lowest BCUT2D eigenvalue weighted by atomic mass is 10.2. The van der Waals surface area contributed by atoms with E-state index in [9.17, 15) is 4.79 Å². The van der Waals surface area contributed by atoms with Crippen molar-refractivity contribution in [2.24, 2.45) is 5.10 Å². The lowest BCUT2D eigenvalue weighted by Gasteiger charge is -2.36. The van der Waals surface area contributed by atoms with Gasteiger partial charge in [-0.15, -0.1) is 11.3 Å². The maximum atomic E-state index is 12.1. The van der Waals surface area contributed by atoms with Gasteiger partial charge in [0.1, 0.15) is 10.8 Å². The van der Waals surface area contributed by atoms with Crippen LogP contribution in [0.2, 0.25) is 0 Å². The molecule has 0 spiro atoms. The second kappa shape index (κ2) is 8.71. The van der Waals surface area contributed by atoms with E-state index in [2.05, 4.69) is 37.9 Å². The number of aromatic nitrogens is 2. The maximum absolute atomic E-state index is 12.1. The number of hydrazone groups is 1. The van der Waals surface area contributed by atoms with Gasteiger partial charge in [-0.1, -0.05) is 23.5 Å². The highest BCUT2D eigenvalue weighted by Crippen LogP contribution is 2.31. The van der Waals surface area contributed by atoms with Crippen molar-refractivity contribution in [3.63, 3.8) is 0 Å². The molecule has 7 nitrogen and oxygen atoms in total. The highest BCUT2D eigenvalue weighted by Gasteiger charge is 2.22. The van der Waals surface area contributed by atoms with Gasteiger partial charge in [0.15, 0.2) is 0 Å². The fourth-order valence-electron chi connectivity index (χ4n) is 3.19. The van der Waals surface area contributed by atoms with Gasteiger partial charge in [-0.3, -0.25) is 4.79 Å². The minimum Gasteiger partial charge on any atom is -0.359 e. The first kappa shape index (κ1) is 19.5. The summed E-state index contributed by atoms with van der Waals surface area (Å²) in [7, 11) is 0. The van der Waals surface area contributed by atoms with E-state index >= 15 is 0 Å². The molecule has 9 heteroatoms. The number of thiophene rings is 1. The van der Waals surface area contributed by atoms with Crippen molar-refractivity contribution < 1.29 is 4.79 Å². The van der Waals surface area contributed by atoms with Crippen LogP contribution >= 0.6 is 22.7 Å². The third kappa shape index (κ3) is 4.46. The predicted molar refractivity (Wildman–Crippen MR) is 121 cm³/mol. The molecule has 4 rings (SSSR count). The zero-order chi connectivity index (χ0) is 20.2. The number of carbonyl (C=O) groups excluding carboxylic acids is 1. The van der Waals surface area contributed by atoms with E-state index in [0.717, 1.165) is 41.9 Å². The summed E-state index contributed by atoms with van der Waals surface area (Å²) < 4.78 is 0. The third-order valence-corrected chi connectivity index (χ3v) is 6.52. The van der Waals surface area contributed by atoms with Gasteiger partial charge < -0.3 is 9.80 Å². The third-order valence-electron chi connectivity index (χ3n) is 4.68. The Morgan fingerprint density at radius 1 is 1.17 bits per heavy atom. The Hall–Kier alpha value is -2.78. The summed E-state index contributed by atoms with van der Waals surface area (Å²) in [6.07, 6.45) is 5.37. The number of anilines is 3. The first-order valence-electron chi connectivity index (χ1n) is 9.37. The minimum absolute atomic E-state index is 0.158. The van der Waals surface area contributed by atoms with Crippen LogP contribution in [0.25, 0.3) is 0 Å². The quantitative estimate of drug-likeness (QED) is 0.461. The molecule has 0 N–H and O–H groups in total. The minimum atomic E-state index is -0.158. The average Bonchev–Trinajstić information content (AvgIpc) is 3.41. The first-order valence-corrected chi connectivity index (χ1v) is 11.1. The maximum Gasteiger partial charge on any atom is 0.246 e. The van der Waals surface area contributed by atoms with E-state index in [1.807, 2.05) is 36.0 Å². The lowest BCUT2D eigenvalue weighted by molar-refractivity contribution is -0.116. The first-order chi connectivity index (χ1) is 14.1. The van der Waals surface area contributed by atoms with Crippen LogP contribution in [0.3, 0.4) is 0 Å². The average molecular weight is 427 g/mol. The second-order valence-corrected chi connectivity index (χ2v) is 8.66. The molecule has 0 atom stereocenters. The molecule has 0 radical (unpaired) electrons. The molecule has 1 fully saturated rings. The SMILES string of the molecule is CC(=O)N(/N=C/c1cccs1)c1ncc(N2CCN(c3ncccc3C)CC2)s1. The molecule has 29 heavy (non-hydrogen) atoms. The fraction of sp³-hybridized carbons (Fsp3) is 0.300. The van der Waals surface area contributed by atoms with Crippen LogP contribution in [0.5, 0.6) is 0 Å². The van der Waals surface area contributed by atoms with Crippen molar-refractivity contribution in [2.75, 3.05) is 41.0 Å². The number of pyridine rings is 1. The Kier molecular flexibility index (Phi) is 5.86. The highest BCUT2D eigenvalue weighted by atomic mass is 32.1. The molecule has 1 aliphatic rings. The molecule has 4 heterocycles. The van der Waals surface area contributed by atoms with Gasteiger partial charge in [0, 0.05) is 44.2 Å². The molecule has 0 aromatic carbocycles. The van der Waals surface area contributed by atoms with E-state index in [-0.39, 0.29) is 5.91 Å². The van der Waals surface area contributed by atoms with Crippen LogP contribution < -0.4 is 14.8 Å². The molecule has 0 saturated carbocycles. The molecule has 1 amide bonds. The Balaban J connectivity index is 1.43. The van der Waals surface area contributed by atoms with E-state index in [1.54, 1.807) is 17.6 Å². The molecule has 150 valence electrons. The van der Waals surface area contributed by atoms with Gasteiger partial charge in [0.2, 0.25) is 11.0 Å². The van der Waals surface area contributed by atoms with Gasteiger partial charge in [-0.05, 0) is 30.0 Å². The second-order valence-electron chi connectivity index (χ2n) is 6.69. The Morgan fingerprint density at radius 3 is 2.66 bits per heavy atom. The van der Waals surface area contributed by atoms with Crippen LogP contribution in [0.1, 0.15) is 17.4 Å². The van der Waals surface area contributed by atoms with Gasteiger partial charge in [-0.25, -0.2) is 9.97 Å². The van der Waals surface area contributed by atoms with Crippen molar-refractivity contribution in [1.29, 1.82) is 0 Å². The number of carbonyl (C=O) groups is 1. The van der Waals surface area contributed by atoms with Crippen LogP contribution in [-0.2, 0) is 4.79 Å². The Bertz CT molecular complexity index is 992. The van der Waals surface area contributed by atoms with Crippen molar-refractivity contribution >= 4 is 50.7 Å². The van der Waals surface area contributed by atoms with Crippen LogP contribution in [0.15, 0.2) is 47.1 Å². The van der Waals surface area contributed by atoms with E-state index in [0.29, 0.717) is 5.13 Å². The molecule has 3 aromatic heterocycles. The Labute approximate surface area is 177 Å². The summed E-state index contributed by atoms with van der Waals surface area (Å²) in [5.41, 5.74) is 1.20. The van der Waals surface area contributed by atoms with Crippen molar-refractivity contribution in [1.82, 2.24) is 9.97 Å². The van der Waals surface area contributed by atoms with Gasteiger partial charge >= 0.3 is 0 Å². The Morgan fingerprint density at radius 2 is 1.97 bits per heavy atom. The van der Waals surface area contributed by atoms with Gasteiger partial charge in [0.25, 0.3) is 0 Å². The molecule has 1 aliphatic heterocycles. The zero-order valence-electron chi connectivity index (χ0n) is 16.4. The standard InChI is InChI=1S/C20H22N6OS2/c1-15-5-3-7-21-19(15)25-10-8-24(9-11-25)18-14-22-20(29-18)26(16(2)27)23-13-17-6-4-12-28-17/h3-7,12-14H,8-11H2,1-2H3/b23-13+. The summed E-state index contributed by atoms with van der Waals surface area (Å²) in [4.78, 5) is 26.7. The number of aryl methyl sites for hydroxylation is 1. The fourth-order valence-corrected chi connectivity index (χ4v) is 4.74. The number of hydrogen-bond acceptors (Lipinski definition) is 8. The largest absolute Gasteiger partial charge is 0.359 e. The monoisotopic (exact) mass is 426 g/mol. The normalized spacial score (nSPS) is 14.6. The molecular weight excluding hydrogens is 404 g/mol. The topological polar surface area (TPSA) is 64.9 Å². The predicted octanol–water partition coefficient (Wildman–Crippen LogP) is 3.62. The molecule has 1 saturated heterocycles. The van der Waals surface area contributed by atoms with Crippen LogP contribution in [0.4, 0.5) is 16.0 Å².